The monoisotopic (exact) mass is 495 g/mol. The van der Waals surface area contributed by atoms with E-state index in [1.54, 1.807) is 26.0 Å². The summed E-state index contributed by atoms with van der Waals surface area (Å²) in [7, 11) is 1.10. The van der Waals surface area contributed by atoms with Crippen molar-refractivity contribution in [1.29, 1.82) is 0 Å². The zero-order chi connectivity index (χ0) is 20.4. The number of hydrogen-bond acceptors (Lipinski definition) is 4. The van der Waals surface area contributed by atoms with Gasteiger partial charge in [0.2, 0.25) is 0 Å². The molecule has 5 nitrogen and oxygen atoms in total. The number of methoxy groups -OCH3 is 1. The second-order valence-electron chi connectivity index (χ2n) is 5.74. The highest BCUT2D eigenvalue weighted by atomic mass is 127. The van der Waals surface area contributed by atoms with Gasteiger partial charge in [-0.25, -0.2) is 4.79 Å². The first kappa shape index (κ1) is 21.3. The predicted molar refractivity (Wildman–Crippen MR) is 101 cm³/mol. The Morgan fingerprint density at radius 3 is 2.44 bits per heavy atom. The molecule has 0 spiro atoms. The minimum absolute atomic E-state index is 0.0612. The highest BCUT2D eigenvalue weighted by molar-refractivity contribution is 14.1. The fourth-order valence-corrected chi connectivity index (χ4v) is 2.99. The molecule has 0 fully saturated rings. The van der Waals surface area contributed by atoms with Gasteiger partial charge in [-0.15, -0.1) is 0 Å². The van der Waals surface area contributed by atoms with Crippen molar-refractivity contribution >= 4 is 34.4 Å². The first-order valence-electron chi connectivity index (χ1n) is 7.71. The van der Waals surface area contributed by atoms with E-state index in [0.717, 1.165) is 13.2 Å². The van der Waals surface area contributed by atoms with Crippen molar-refractivity contribution in [2.45, 2.75) is 26.6 Å². The number of halogens is 4. The summed E-state index contributed by atoms with van der Waals surface area (Å²) in [4.78, 5) is 11.6. The number of rotatable bonds is 4. The van der Waals surface area contributed by atoms with Crippen LogP contribution >= 0.6 is 22.6 Å². The quantitative estimate of drug-likeness (QED) is 0.348. The van der Waals surface area contributed by atoms with Crippen LogP contribution in [-0.4, -0.2) is 18.4 Å². The maximum absolute atomic E-state index is 13.3. The van der Waals surface area contributed by atoms with Crippen LogP contribution in [-0.2, 0) is 17.5 Å². The van der Waals surface area contributed by atoms with Crippen molar-refractivity contribution in [3.05, 3.63) is 56.2 Å². The van der Waals surface area contributed by atoms with Gasteiger partial charge in [-0.1, -0.05) is 6.07 Å². The standard InChI is InChI=1S/C18H17F3INO4/c1-10-7-13(18(19,20)21)16(8-11(10)2)27-9-12-14(22)5-4-6-15(12)23(25)17(24)26-3/h4-8,25H,9H2,1-3H3. The summed E-state index contributed by atoms with van der Waals surface area (Å²) in [5.41, 5.74) is 0.673. The molecule has 0 saturated carbocycles. The summed E-state index contributed by atoms with van der Waals surface area (Å²) in [5, 5.41) is 10.3. The molecule has 0 saturated heterocycles. The van der Waals surface area contributed by atoms with Crippen molar-refractivity contribution < 1.29 is 32.6 Å². The molecular weight excluding hydrogens is 478 g/mol. The second kappa shape index (κ2) is 8.34. The van der Waals surface area contributed by atoms with Gasteiger partial charge in [-0.05, 0) is 71.8 Å². The van der Waals surface area contributed by atoms with Gasteiger partial charge in [0.05, 0.1) is 18.4 Å². The Labute approximate surface area is 167 Å². The minimum Gasteiger partial charge on any atom is -0.488 e. The number of hydroxylamine groups is 1. The molecule has 0 aliphatic rings. The normalized spacial score (nSPS) is 11.3. The van der Waals surface area contributed by atoms with E-state index >= 15 is 0 Å². The van der Waals surface area contributed by atoms with Crippen molar-refractivity contribution in [3.63, 3.8) is 0 Å². The molecule has 0 radical (unpaired) electrons. The van der Waals surface area contributed by atoms with E-state index in [0.29, 0.717) is 20.3 Å². The van der Waals surface area contributed by atoms with Crippen molar-refractivity contribution in [2.75, 3.05) is 12.2 Å². The van der Waals surface area contributed by atoms with Gasteiger partial charge in [0.15, 0.2) is 0 Å². The van der Waals surface area contributed by atoms with E-state index in [9.17, 15) is 23.2 Å². The number of hydrogen-bond donors (Lipinski definition) is 1. The van der Waals surface area contributed by atoms with Crippen molar-refractivity contribution in [1.82, 2.24) is 0 Å². The first-order valence-corrected chi connectivity index (χ1v) is 8.79. The van der Waals surface area contributed by atoms with Gasteiger partial charge >= 0.3 is 12.3 Å². The molecule has 27 heavy (non-hydrogen) atoms. The summed E-state index contributed by atoms with van der Waals surface area (Å²) in [6.45, 7) is 2.99. The second-order valence-corrected chi connectivity index (χ2v) is 6.90. The topological polar surface area (TPSA) is 59.0 Å². The van der Waals surface area contributed by atoms with E-state index in [2.05, 4.69) is 4.74 Å². The fourth-order valence-electron chi connectivity index (χ4n) is 2.35. The van der Waals surface area contributed by atoms with Crippen LogP contribution in [0, 0.1) is 17.4 Å². The smallest absolute Gasteiger partial charge is 0.438 e. The van der Waals surface area contributed by atoms with Gasteiger partial charge in [0.1, 0.15) is 12.4 Å². The van der Waals surface area contributed by atoms with Crippen molar-refractivity contribution in [3.8, 4) is 5.75 Å². The number of amides is 1. The van der Waals surface area contributed by atoms with Crippen LogP contribution in [0.1, 0.15) is 22.3 Å². The van der Waals surface area contributed by atoms with Crippen LogP contribution in [0.25, 0.3) is 0 Å². The van der Waals surface area contributed by atoms with Crippen LogP contribution in [0.15, 0.2) is 30.3 Å². The minimum atomic E-state index is -4.57. The molecule has 0 unspecified atom stereocenters. The summed E-state index contributed by atoms with van der Waals surface area (Å²) in [6, 6.07) is 7.06. The summed E-state index contributed by atoms with van der Waals surface area (Å²) >= 11 is 1.94. The molecule has 0 aromatic heterocycles. The van der Waals surface area contributed by atoms with Crippen LogP contribution in [0.4, 0.5) is 23.7 Å². The number of aryl methyl sites for hydroxylation is 2. The third kappa shape index (κ3) is 4.83. The third-order valence-corrected chi connectivity index (χ3v) is 4.95. The summed E-state index contributed by atoms with van der Waals surface area (Å²) < 4.78 is 50.5. The van der Waals surface area contributed by atoms with Gasteiger partial charge < -0.3 is 9.47 Å². The number of carbonyl (C=O) groups is 1. The number of ether oxygens (including phenoxy) is 2. The lowest BCUT2D eigenvalue weighted by Gasteiger charge is -2.20. The molecule has 0 aliphatic carbocycles. The molecule has 2 aromatic rings. The maximum Gasteiger partial charge on any atom is 0.438 e. The number of carbonyl (C=O) groups excluding carboxylic acids is 1. The Kier molecular flexibility index (Phi) is 6.58. The van der Waals surface area contributed by atoms with Crippen LogP contribution in [0.3, 0.4) is 0 Å². The Morgan fingerprint density at radius 2 is 1.85 bits per heavy atom. The van der Waals surface area contributed by atoms with Crippen LogP contribution in [0.5, 0.6) is 5.75 Å². The van der Waals surface area contributed by atoms with E-state index in [-0.39, 0.29) is 23.1 Å². The van der Waals surface area contributed by atoms with Gasteiger partial charge in [0, 0.05) is 9.13 Å². The first-order chi connectivity index (χ1) is 12.6. The molecule has 2 aromatic carbocycles. The predicted octanol–water partition coefficient (Wildman–Crippen LogP) is 5.47. The molecule has 1 N–H and O–H groups in total. The van der Waals surface area contributed by atoms with Crippen molar-refractivity contribution in [2.24, 2.45) is 0 Å². The summed E-state index contributed by atoms with van der Waals surface area (Å²) in [6.07, 6.45) is -5.60. The lowest BCUT2D eigenvalue weighted by molar-refractivity contribution is -0.139. The fraction of sp³-hybridized carbons (Fsp3) is 0.278. The highest BCUT2D eigenvalue weighted by Crippen LogP contribution is 2.38. The Bertz CT molecular complexity index is 855. The molecule has 0 bridgehead atoms. The van der Waals surface area contributed by atoms with E-state index in [4.69, 9.17) is 4.74 Å². The van der Waals surface area contributed by atoms with Gasteiger partial charge in [-0.2, -0.15) is 18.2 Å². The number of benzene rings is 2. The zero-order valence-electron chi connectivity index (χ0n) is 14.7. The lowest BCUT2D eigenvalue weighted by Crippen LogP contribution is -2.28. The molecule has 0 aliphatic heterocycles. The van der Waals surface area contributed by atoms with E-state index < -0.39 is 17.8 Å². The number of anilines is 1. The third-order valence-electron chi connectivity index (χ3n) is 3.94. The van der Waals surface area contributed by atoms with Gasteiger partial charge in [-0.3, -0.25) is 5.21 Å². The number of nitrogens with zero attached hydrogens (tertiary/aromatic N) is 1. The highest BCUT2D eigenvalue weighted by Gasteiger charge is 2.35. The molecule has 9 heteroatoms. The molecule has 0 heterocycles. The molecule has 2 rings (SSSR count). The van der Waals surface area contributed by atoms with E-state index in [1.807, 2.05) is 22.6 Å². The van der Waals surface area contributed by atoms with Crippen LogP contribution < -0.4 is 9.80 Å². The van der Waals surface area contributed by atoms with Crippen LogP contribution in [0.2, 0.25) is 0 Å². The molecular formula is C18H17F3INO4. The maximum atomic E-state index is 13.3. The lowest BCUT2D eigenvalue weighted by atomic mass is 10.0. The number of alkyl halides is 3. The average Bonchev–Trinajstić information content (AvgIpc) is 2.60. The Morgan fingerprint density at radius 1 is 1.22 bits per heavy atom. The molecule has 1 amide bonds. The average molecular weight is 495 g/mol. The zero-order valence-corrected chi connectivity index (χ0v) is 16.9. The van der Waals surface area contributed by atoms with E-state index in [1.165, 1.54) is 12.1 Å². The Hall–Kier alpha value is -2.01. The Balaban J connectivity index is 2.41. The SMILES string of the molecule is COC(=O)N(O)c1cccc(I)c1COc1cc(C)c(C)cc1C(F)(F)F. The van der Waals surface area contributed by atoms with Gasteiger partial charge in [0.25, 0.3) is 0 Å². The molecule has 0 atom stereocenters. The largest absolute Gasteiger partial charge is 0.488 e. The summed E-state index contributed by atoms with van der Waals surface area (Å²) in [5.74, 6) is -0.321. The molecule has 146 valence electrons.